The predicted octanol–water partition coefficient (Wildman–Crippen LogP) is 4.16. The van der Waals surface area contributed by atoms with Gasteiger partial charge in [-0.1, -0.05) is 23.8 Å². The summed E-state index contributed by atoms with van der Waals surface area (Å²) in [6.07, 6.45) is 0. The number of aryl methyl sites for hydroxylation is 1. The number of carbonyl (C=O) groups excluding carboxylic acids is 1. The molecular formula is C18H19N3O2S. The van der Waals surface area contributed by atoms with Crippen LogP contribution in [0.2, 0.25) is 0 Å². The SMILES string of the molecule is CC1=C(N(Cc2cccs2)C(=O)COc2ccc(C)cc2)CN=N1. The molecule has 0 saturated heterocycles. The minimum absolute atomic E-state index is 0.00871. The van der Waals surface area contributed by atoms with Crippen molar-refractivity contribution < 1.29 is 9.53 Å². The van der Waals surface area contributed by atoms with Gasteiger partial charge in [-0.3, -0.25) is 4.79 Å². The molecule has 0 saturated carbocycles. The predicted molar refractivity (Wildman–Crippen MR) is 94.0 cm³/mol. The Morgan fingerprint density at radius 3 is 2.67 bits per heavy atom. The Bertz CT molecular complexity index is 764. The van der Waals surface area contributed by atoms with Crippen LogP contribution in [0.15, 0.2) is 63.4 Å². The number of amides is 1. The lowest BCUT2D eigenvalue weighted by atomic mass is 10.2. The first-order chi connectivity index (χ1) is 11.6. The number of allylic oxidation sites excluding steroid dienone is 1. The summed E-state index contributed by atoms with van der Waals surface area (Å²) in [6.45, 7) is 4.84. The summed E-state index contributed by atoms with van der Waals surface area (Å²) in [5.74, 6) is 0.599. The summed E-state index contributed by atoms with van der Waals surface area (Å²) in [6, 6.07) is 11.7. The van der Waals surface area contributed by atoms with E-state index in [9.17, 15) is 4.79 Å². The van der Waals surface area contributed by atoms with Crippen molar-refractivity contribution in [3.8, 4) is 5.75 Å². The van der Waals surface area contributed by atoms with Crippen LogP contribution in [-0.2, 0) is 11.3 Å². The number of nitrogens with zero attached hydrogens (tertiary/aromatic N) is 3. The molecule has 1 aromatic heterocycles. The maximum Gasteiger partial charge on any atom is 0.265 e. The first-order valence-electron chi connectivity index (χ1n) is 7.73. The van der Waals surface area contributed by atoms with E-state index in [-0.39, 0.29) is 12.5 Å². The molecule has 0 spiro atoms. The van der Waals surface area contributed by atoms with Gasteiger partial charge in [-0.2, -0.15) is 10.2 Å². The van der Waals surface area contributed by atoms with Crippen LogP contribution in [0.4, 0.5) is 0 Å². The maximum absolute atomic E-state index is 12.7. The molecule has 0 aliphatic carbocycles. The van der Waals surface area contributed by atoms with Crippen molar-refractivity contribution in [2.75, 3.05) is 13.2 Å². The highest BCUT2D eigenvalue weighted by atomic mass is 32.1. The van der Waals surface area contributed by atoms with E-state index in [1.807, 2.05) is 55.6 Å². The zero-order chi connectivity index (χ0) is 16.9. The van der Waals surface area contributed by atoms with Crippen LogP contribution in [-0.4, -0.2) is 24.0 Å². The van der Waals surface area contributed by atoms with E-state index in [4.69, 9.17) is 4.74 Å². The van der Waals surface area contributed by atoms with Gasteiger partial charge < -0.3 is 9.64 Å². The maximum atomic E-state index is 12.7. The van der Waals surface area contributed by atoms with Crippen LogP contribution < -0.4 is 4.74 Å². The van der Waals surface area contributed by atoms with Gasteiger partial charge in [0.05, 0.1) is 17.9 Å². The number of ether oxygens (including phenoxy) is 1. The lowest BCUT2D eigenvalue weighted by Crippen LogP contribution is -2.34. The molecule has 0 atom stereocenters. The summed E-state index contributed by atoms with van der Waals surface area (Å²) in [5, 5.41) is 10.1. The second-order valence-electron chi connectivity index (χ2n) is 5.59. The van der Waals surface area contributed by atoms with Gasteiger partial charge in [-0.25, -0.2) is 0 Å². The second-order valence-corrected chi connectivity index (χ2v) is 6.62. The van der Waals surface area contributed by atoms with Crippen molar-refractivity contribution in [3.63, 3.8) is 0 Å². The molecule has 2 aromatic rings. The highest BCUT2D eigenvalue weighted by Crippen LogP contribution is 2.23. The zero-order valence-electron chi connectivity index (χ0n) is 13.7. The van der Waals surface area contributed by atoms with E-state index in [0.717, 1.165) is 21.8 Å². The number of hydrogen-bond donors (Lipinski definition) is 0. The van der Waals surface area contributed by atoms with Gasteiger partial charge in [0.15, 0.2) is 6.61 Å². The summed E-state index contributed by atoms with van der Waals surface area (Å²) >= 11 is 1.63. The Kier molecular flexibility index (Phi) is 5.05. The van der Waals surface area contributed by atoms with Crippen molar-refractivity contribution in [3.05, 3.63) is 63.6 Å². The van der Waals surface area contributed by atoms with E-state index in [1.165, 1.54) is 0 Å². The molecule has 1 aliphatic rings. The second kappa shape index (κ2) is 7.40. The topological polar surface area (TPSA) is 54.3 Å². The number of hydrogen-bond acceptors (Lipinski definition) is 5. The average molecular weight is 341 g/mol. The summed E-state index contributed by atoms with van der Waals surface area (Å²) in [4.78, 5) is 15.6. The van der Waals surface area contributed by atoms with E-state index in [2.05, 4.69) is 10.2 Å². The van der Waals surface area contributed by atoms with Crippen LogP contribution in [0, 0.1) is 6.92 Å². The molecule has 124 valence electrons. The molecule has 1 amide bonds. The van der Waals surface area contributed by atoms with Crippen molar-refractivity contribution >= 4 is 17.2 Å². The fourth-order valence-corrected chi connectivity index (χ4v) is 3.10. The average Bonchev–Trinajstić information content (AvgIpc) is 3.23. The highest BCUT2D eigenvalue weighted by molar-refractivity contribution is 7.09. The third-order valence-corrected chi connectivity index (χ3v) is 4.62. The number of thiophene rings is 1. The number of azo groups is 1. The van der Waals surface area contributed by atoms with Crippen LogP contribution in [0.1, 0.15) is 17.4 Å². The Morgan fingerprint density at radius 1 is 1.25 bits per heavy atom. The van der Waals surface area contributed by atoms with Gasteiger partial charge >= 0.3 is 0 Å². The number of rotatable bonds is 6. The first kappa shape index (κ1) is 16.4. The van der Waals surface area contributed by atoms with Gasteiger partial charge in [0, 0.05) is 4.88 Å². The Morgan fingerprint density at radius 2 is 2.04 bits per heavy atom. The van der Waals surface area contributed by atoms with Gasteiger partial charge in [0.1, 0.15) is 12.3 Å². The molecular weight excluding hydrogens is 322 g/mol. The highest BCUT2D eigenvalue weighted by Gasteiger charge is 2.23. The molecule has 6 heteroatoms. The molecule has 0 unspecified atom stereocenters. The van der Waals surface area contributed by atoms with Gasteiger partial charge in [-0.15, -0.1) is 11.3 Å². The Labute approximate surface area is 145 Å². The molecule has 0 bridgehead atoms. The normalized spacial score (nSPS) is 13.4. The number of carbonyl (C=O) groups is 1. The Balaban J connectivity index is 1.71. The third-order valence-electron chi connectivity index (χ3n) is 3.76. The van der Waals surface area contributed by atoms with Crippen LogP contribution in [0.3, 0.4) is 0 Å². The summed E-state index contributed by atoms with van der Waals surface area (Å²) < 4.78 is 5.65. The molecule has 5 nitrogen and oxygen atoms in total. The van der Waals surface area contributed by atoms with E-state index in [1.54, 1.807) is 16.2 Å². The van der Waals surface area contributed by atoms with E-state index >= 15 is 0 Å². The zero-order valence-corrected chi connectivity index (χ0v) is 14.5. The quantitative estimate of drug-likeness (QED) is 0.792. The standard InChI is InChI=1S/C18H19N3O2S/c1-13-5-7-15(8-6-13)23-12-18(22)21(11-16-4-3-9-24-16)17-10-19-20-14(17)2/h3-9H,10-12H2,1-2H3. The minimum Gasteiger partial charge on any atom is -0.484 e. The lowest BCUT2D eigenvalue weighted by molar-refractivity contribution is -0.132. The molecule has 1 aromatic carbocycles. The van der Waals surface area contributed by atoms with Crippen LogP contribution in [0.25, 0.3) is 0 Å². The van der Waals surface area contributed by atoms with Gasteiger partial charge in [0.25, 0.3) is 5.91 Å². The molecule has 0 radical (unpaired) electrons. The van der Waals surface area contributed by atoms with Gasteiger partial charge in [-0.05, 0) is 37.4 Å². The fraction of sp³-hybridized carbons (Fsp3) is 0.278. The molecule has 0 N–H and O–H groups in total. The minimum atomic E-state index is -0.0920. The third kappa shape index (κ3) is 3.89. The summed E-state index contributed by atoms with van der Waals surface area (Å²) in [5.41, 5.74) is 2.79. The van der Waals surface area contributed by atoms with Crippen molar-refractivity contribution in [2.24, 2.45) is 10.2 Å². The largest absolute Gasteiger partial charge is 0.484 e. The fourth-order valence-electron chi connectivity index (χ4n) is 2.41. The lowest BCUT2D eigenvalue weighted by Gasteiger charge is -2.23. The molecule has 1 aliphatic heterocycles. The molecule has 0 fully saturated rings. The molecule has 24 heavy (non-hydrogen) atoms. The first-order valence-corrected chi connectivity index (χ1v) is 8.61. The number of benzene rings is 1. The van der Waals surface area contributed by atoms with Crippen molar-refractivity contribution in [1.29, 1.82) is 0 Å². The van der Waals surface area contributed by atoms with Crippen LogP contribution >= 0.6 is 11.3 Å². The van der Waals surface area contributed by atoms with E-state index in [0.29, 0.717) is 18.8 Å². The smallest absolute Gasteiger partial charge is 0.265 e. The molecule has 2 heterocycles. The van der Waals surface area contributed by atoms with E-state index < -0.39 is 0 Å². The monoisotopic (exact) mass is 341 g/mol. The van der Waals surface area contributed by atoms with Crippen LogP contribution in [0.5, 0.6) is 5.75 Å². The Hall–Kier alpha value is -2.47. The van der Waals surface area contributed by atoms with Gasteiger partial charge in [0.2, 0.25) is 0 Å². The molecule has 3 rings (SSSR count). The van der Waals surface area contributed by atoms with Crippen molar-refractivity contribution in [1.82, 2.24) is 4.90 Å². The van der Waals surface area contributed by atoms with Crippen molar-refractivity contribution in [2.45, 2.75) is 20.4 Å². The summed E-state index contributed by atoms with van der Waals surface area (Å²) in [7, 11) is 0.